The highest BCUT2D eigenvalue weighted by molar-refractivity contribution is 6.31. The monoisotopic (exact) mass is 214 g/mol. The molecule has 0 saturated carbocycles. The summed E-state index contributed by atoms with van der Waals surface area (Å²) in [6.45, 7) is 2.37. The number of piperidine rings is 1. The van der Waals surface area contributed by atoms with E-state index in [0.717, 1.165) is 25.9 Å². The molecule has 5 nitrogen and oxygen atoms in total. The van der Waals surface area contributed by atoms with Crippen molar-refractivity contribution in [1.29, 1.82) is 0 Å². The van der Waals surface area contributed by atoms with Crippen LogP contribution in [0.3, 0.4) is 0 Å². The lowest BCUT2D eigenvalue weighted by Crippen LogP contribution is -2.33. The van der Waals surface area contributed by atoms with Gasteiger partial charge in [-0.05, 0) is 32.4 Å². The van der Waals surface area contributed by atoms with Gasteiger partial charge in [-0.25, -0.2) is 0 Å². The number of rotatable bonds is 6. The Labute approximate surface area is 88.8 Å². The van der Waals surface area contributed by atoms with Gasteiger partial charge in [0.2, 0.25) is 0 Å². The SMILES string of the molecule is O=C([O-])C(=O)CCCOC1CCNCC1. The lowest BCUT2D eigenvalue weighted by molar-refractivity contribution is -0.300. The molecule has 0 unspecified atom stereocenters. The second-order valence-electron chi connectivity index (χ2n) is 3.63. The molecule has 1 N–H and O–H groups in total. The summed E-state index contributed by atoms with van der Waals surface area (Å²) in [7, 11) is 0. The molecule has 1 fully saturated rings. The molecule has 0 amide bonds. The largest absolute Gasteiger partial charge is 0.542 e. The number of hydrogen-bond donors (Lipinski definition) is 1. The van der Waals surface area contributed by atoms with Gasteiger partial charge < -0.3 is 20.0 Å². The molecule has 15 heavy (non-hydrogen) atoms. The van der Waals surface area contributed by atoms with E-state index < -0.39 is 11.8 Å². The van der Waals surface area contributed by atoms with Crippen LogP contribution < -0.4 is 10.4 Å². The Morgan fingerprint density at radius 1 is 1.33 bits per heavy atom. The molecule has 0 spiro atoms. The third kappa shape index (κ3) is 4.90. The van der Waals surface area contributed by atoms with Gasteiger partial charge in [-0.3, -0.25) is 4.79 Å². The molecule has 1 aliphatic rings. The van der Waals surface area contributed by atoms with Crippen LogP contribution in [0, 0.1) is 0 Å². The highest BCUT2D eigenvalue weighted by atomic mass is 16.5. The van der Waals surface area contributed by atoms with E-state index in [1.54, 1.807) is 0 Å². The van der Waals surface area contributed by atoms with Gasteiger partial charge in [0.05, 0.1) is 6.10 Å². The molecule has 0 bridgehead atoms. The molecule has 5 heteroatoms. The van der Waals surface area contributed by atoms with Crippen molar-refractivity contribution >= 4 is 11.8 Å². The topological polar surface area (TPSA) is 78.5 Å². The average Bonchev–Trinajstić information content (AvgIpc) is 2.25. The number of ketones is 1. The normalized spacial score (nSPS) is 17.6. The number of Topliss-reactive ketones (excluding diaryl/α,β-unsaturated/α-hetero) is 1. The fourth-order valence-corrected chi connectivity index (χ4v) is 1.55. The van der Waals surface area contributed by atoms with Crippen molar-refractivity contribution in [3.63, 3.8) is 0 Å². The zero-order chi connectivity index (χ0) is 11.1. The van der Waals surface area contributed by atoms with Crippen LogP contribution in [0.15, 0.2) is 0 Å². The molecule has 0 aliphatic carbocycles. The molecule has 0 aromatic carbocycles. The first kappa shape index (κ1) is 12.1. The van der Waals surface area contributed by atoms with Crippen molar-refractivity contribution in [3.05, 3.63) is 0 Å². The van der Waals surface area contributed by atoms with E-state index in [9.17, 15) is 14.7 Å². The molecule has 0 radical (unpaired) electrons. The van der Waals surface area contributed by atoms with Crippen LogP contribution in [0.4, 0.5) is 0 Å². The maximum Gasteiger partial charge on any atom is 0.178 e. The van der Waals surface area contributed by atoms with Crippen LogP contribution in [-0.4, -0.2) is 37.6 Å². The molecule has 0 aromatic heterocycles. The Morgan fingerprint density at radius 2 is 2.00 bits per heavy atom. The molecule has 1 heterocycles. The van der Waals surface area contributed by atoms with Gasteiger partial charge in [-0.1, -0.05) is 0 Å². The van der Waals surface area contributed by atoms with E-state index in [2.05, 4.69) is 5.32 Å². The van der Waals surface area contributed by atoms with Crippen molar-refractivity contribution in [2.45, 2.75) is 31.8 Å². The molecule has 1 saturated heterocycles. The van der Waals surface area contributed by atoms with Crippen molar-refractivity contribution in [2.24, 2.45) is 0 Å². The number of carboxylic acids is 1. The lowest BCUT2D eigenvalue weighted by atomic mass is 10.1. The zero-order valence-corrected chi connectivity index (χ0v) is 8.66. The van der Waals surface area contributed by atoms with E-state index in [4.69, 9.17) is 4.74 Å². The van der Waals surface area contributed by atoms with E-state index in [1.807, 2.05) is 0 Å². The molecule has 0 atom stereocenters. The number of nitrogens with one attached hydrogen (secondary N) is 1. The second-order valence-corrected chi connectivity index (χ2v) is 3.63. The molecular formula is C10H16NO4-. The smallest absolute Gasteiger partial charge is 0.178 e. The summed E-state index contributed by atoms with van der Waals surface area (Å²) in [6, 6.07) is 0. The van der Waals surface area contributed by atoms with Crippen molar-refractivity contribution in [3.8, 4) is 0 Å². The van der Waals surface area contributed by atoms with Gasteiger partial charge in [-0.2, -0.15) is 0 Å². The van der Waals surface area contributed by atoms with Crippen LogP contribution in [0.2, 0.25) is 0 Å². The number of aliphatic carboxylic acids is 1. The quantitative estimate of drug-likeness (QED) is 0.446. The summed E-state index contributed by atoms with van der Waals surface area (Å²) < 4.78 is 5.51. The fraction of sp³-hybridized carbons (Fsp3) is 0.800. The molecule has 86 valence electrons. The first-order valence-electron chi connectivity index (χ1n) is 5.26. The predicted octanol–water partition coefficient (Wildman–Crippen LogP) is -1.15. The number of carboxylic acid groups (broad SMARTS) is 1. The molecule has 0 aromatic rings. The summed E-state index contributed by atoms with van der Waals surface area (Å²) in [5, 5.41) is 13.3. The van der Waals surface area contributed by atoms with Gasteiger partial charge >= 0.3 is 0 Å². The average molecular weight is 214 g/mol. The van der Waals surface area contributed by atoms with E-state index >= 15 is 0 Å². The second kappa shape index (κ2) is 6.53. The summed E-state index contributed by atoms with van der Waals surface area (Å²) in [6.07, 6.45) is 2.68. The minimum Gasteiger partial charge on any atom is -0.542 e. The third-order valence-electron chi connectivity index (χ3n) is 2.42. The standard InChI is InChI=1S/C10H17NO4/c12-9(10(13)14)2-1-7-15-8-3-5-11-6-4-8/h8,11H,1-7H2,(H,13,14)/p-1. The van der Waals surface area contributed by atoms with Crippen LogP contribution in [0.1, 0.15) is 25.7 Å². The van der Waals surface area contributed by atoms with Gasteiger partial charge in [0.15, 0.2) is 5.78 Å². The Morgan fingerprint density at radius 3 is 2.60 bits per heavy atom. The van der Waals surface area contributed by atoms with Gasteiger partial charge in [-0.15, -0.1) is 0 Å². The Hall–Kier alpha value is -0.940. The highest BCUT2D eigenvalue weighted by Gasteiger charge is 2.12. The van der Waals surface area contributed by atoms with Crippen LogP contribution in [-0.2, 0) is 14.3 Å². The zero-order valence-electron chi connectivity index (χ0n) is 8.66. The first-order valence-corrected chi connectivity index (χ1v) is 5.26. The van der Waals surface area contributed by atoms with Crippen molar-refractivity contribution in [1.82, 2.24) is 5.32 Å². The van der Waals surface area contributed by atoms with E-state index in [-0.39, 0.29) is 12.5 Å². The van der Waals surface area contributed by atoms with E-state index in [0.29, 0.717) is 13.0 Å². The van der Waals surface area contributed by atoms with Crippen LogP contribution in [0.5, 0.6) is 0 Å². The minimum atomic E-state index is -1.60. The van der Waals surface area contributed by atoms with E-state index in [1.165, 1.54) is 0 Å². The van der Waals surface area contributed by atoms with Crippen LogP contribution >= 0.6 is 0 Å². The molecule has 1 aliphatic heterocycles. The Kier molecular flexibility index (Phi) is 5.28. The van der Waals surface area contributed by atoms with Gasteiger partial charge in [0, 0.05) is 13.0 Å². The third-order valence-corrected chi connectivity index (χ3v) is 2.42. The summed E-state index contributed by atoms with van der Waals surface area (Å²) in [5.41, 5.74) is 0. The maximum atomic E-state index is 10.7. The predicted molar refractivity (Wildman–Crippen MR) is 51.1 cm³/mol. The van der Waals surface area contributed by atoms with Gasteiger partial charge in [0.1, 0.15) is 5.97 Å². The number of carbonyl (C=O) groups excluding carboxylic acids is 2. The fourth-order valence-electron chi connectivity index (χ4n) is 1.55. The maximum absolute atomic E-state index is 10.7. The van der Waals surface area contributed by atoms with Crippen molar-refractivity contribution < 1.29 is 19.4 Å². The number of hydrogen-bond acceptors (Lipinski definition) is 5. The molecular weight excluding hydrogens is 198 g/mol. The van der Waals surface area contributed by atoms with Crippen molar-refractivity contribution in [2.75, 3.05) is 19.7 Å². The Balaban J connectivity index is 2.01. The van der Waals surface area contributed by atoms with Gasteiger partial charge in [0.25, 0.3) is 0 Å². The highest BCUT2D eigenvalue weighted by Crippen LogP contribution is 2.07. The molecule has 1 rings (SSSR count). The first-order chi connectivity index (χ1) is 7.20. The number of carbonyl (C=O) groups is 2. The summed E-state index contributed by atoms with van der Waals surface area (Å²) in [4.78, 5) is 20.8. The summed E-state index contributed by atoms with van der Waals surface area (Å²) in [5.74, 6) is -2.44. The summed E-state index contributed by atoms with van der Waals surface area (Å²) >= 11 is 0. The number of ether oxygens (including phenoxy) is 1. The minimum absolute atomic E-state index is 0.00725. The Bertz CT molecular complexity index is 223. The lowest BCUT2D eigenvalue weighted by Gasteiger charge is -2.22. The van der Waals surface area contributed by atoms with Crippen LogP contribution in [0.25, 0.3) is 0 Å².